The third-order valence-corrected chi connectivity index (χ3v) is 3.50. The van der Waals surface area contributed by atoms with Crippen LogP contribution in [0.4, 0.5) is 10.5 Å². The molecule has 22 heavy (non-hydrogen) atoms. The minimum absolute atomic E-state index is 0.0192. The molecule has 0 fully saturated rings. The van der Waals surface area contributed by atoms with Crippen LogP contribution in [0.5, 0.6) is 0 Å². The van der Waals surface area contributed by atoms with E-state index in [9.17, 15) is 14.4 Å². The Bertz CT molecular complexity index is 600. The summed E-state index contributed by atoms with van der Waals surface area (Å²) >= 11 is 0. The van der Waals surface area contributed by atoms with Gasteiger partial charge in [-0.15, -0.1) is 0 Å². The van der Waals surface area contributed by atoms with Gasteiger partial charge in [-0.25, -0.2) is 4.79 Å². The standard InChI is InChI=1S/C15H19N3O4/c1-9(17-15(22)16-8-14(20)21)10-5-6-12-11(7-10)3-2-4-13(19)18-12/h5-7,9H,2-4,8H2,1H3,(H,18,19)(H,20,21)(H2,16,17,22). The maximum absolute atomic E-state index is 11.6. The minimum atomic E-state index is -1.09. The number of anilines is 1. The highest BCUT2D eigenvalue weighted by Gasteiger charge is 2.16. The predicted molar refractivity (Wildman–Crippen MR) is 80.6 cm³/mol. The van der Waals surface area contributed by atoms with Gasteiger partial charge < -0.3 is 21.1 Å². The summed E-state index contributed by atoms with van der Waals surface area (Å²) in [5.74, 6) is -1.07. The van der Waals surface area contributed by atoms with Crippen molar-refractivity contribution < 1.29 is 19.5 Å². The fourth-order valence-corrected chi connectivity index (χ4v) is 2.35. The molecule has 1 aliphatic rings. The quantitative estimate of drug-likeness (QED) is 0.674. The lowest BCUT2D eigenvalue weighted by Gasteiger charge is -2.17. The van der Waals surface area contributed by atoms with Crippen molar-refractivity contribution in [3.63, 3.8) is 0 Å². The van der Waals surface area contributed by atoms with E-state index in [1.54, 1.807) is 0 Å². The van der Waals surface area contributed by atoms with Crippen molar-refractivity contribution in [2.45, 2.75) is 32.2 Å². The molecule has 2 rings (SSSR count). The molecule has 1 heterocycles. The molecule has 0 aliphatic carbocycles. The first kappa shape index (κ1) is 15.8. The maximum atomic E-state index is 11.6. The molecule has 0 spiro atoms. The van der Waals surface area contributed by atoms with Crippen LogP contribution in [0.2, 0.25) is 0 Å². The van der Waals surface area contributed by atoms with Crippen molar-refractivity contribution in [2.75, 3.05) is 11.9 Å². The molecule has 1 aromatic rings. The highest BCUT2D eigenvalue weighted by molar-refractivity contribution is 5.92. The number of nitrogens with one attached hydrogen (secondary N) is 3. The van der Waals surface area contributed by atoms with E-state index < -0.39 is 18.5 Å². The van der Waals surface area contributed by atoms with Crippen LogP contribution >= 0.6 is 0 Å². The molecule has 0 radical (unpaired) electrons. The monoisotopic (exact) mass is 305 g/mol. The van der Waals surface area contributed by atoms with E-state index in [2.05, 4.69) is 16.0 Å². The zero-order valence-corrected chi connectivity index (χ0v) is 12.3. The average Bonchev–Trinajstić information content (AvgIpc) is 2.64. The highest BCUT2D eigenvalue weighted by atomic mass is 16.4. The number of aryl methyl sites for hydroxylation is 1. The lowest BCUT2D eigenvalue weighted by Crippen LogP contribution is -2.39. The Kier molecular flexibility index (Phi) is 4.98. The highest BCUT2D eigenvalue weighted by Crippen LogP contribution is 2.25. The summed E-state index contributed by atoms with van der Waals surface area (Å²) in [6.45, 7) is 1.39. The van der Waals surface area contributed by atoms with Crippen LogP contribution in [0, 0.1) is 0 Å². The molecule has 3 amide bonds. The van der Waals surface area contributed by atoms with E-state index in [1.807, 2.05) is 25.1 Å². The zero-order chi connectivity index (χ0) is 16.1. The summed E-state index contributed by atoms with van der Waals surface area (Å²) in [5, 5.41) is 16.3. The lowest BCUT2D eigenvalue weighted by molar-refractivity contribution is -0.135. The van der Waals surface area contributed by atoms with Gasteiger partial charge in [0.2, 0.25) is 5.91 Å². The SMILES string of the molecule is CC(NC(=O)NCC(=O)O)c1ccc2c(c1)CCCC(=O)N2. The second-order valence-electron chi connectivity index (χ2n) is 5.26. The van der Waals surface area contributed by atoms with Crippen LogP contribution in [-0.4, -0.2) is 29.6 Å². The number of carboxylic acid groups (broad SMARTS) is 1. The largest absolute Gasteiger partial charge is 0.480 e. The van der Waals surface area contributed by atoms with Crippen LogP contribution in [0.25, 0.3) is 0 Å². The number of rotatable bonds is 4. The molecule has 0 saturated heterocycles. The molecule has 1 aliphatic heterocycles. The Balaban J connectivity index is 2.03. The molecule has 0 aromatic heterocycles. The minimum Gasteiger partial charge on any atom is -0.480 e. The predicted octanol–water partition coefficient (Wildman–Crippen LogP) is 1.41. The molecule has 7 nitrogen and oxygen atoms in total. The summed E-state index contributed by atoms with van der Waals surface area (Å²) in [6, 6.07) is 4.84. The summed E-state index contributed by atoms with van der Waals surface area (Å²) in [7, 11) is 0. The Morgan fingerprint density at radius 1 is 1.36 bits per heavy atom. The van der Waals surface area contributed by atoms with Crippen molar-refractivity contribution in [1.29, 1.82) is 0 Å². The van der Waals surface area contributed by atoms with E-state index >= 15 is 0 Å². The van der Waals surface area contributed by atoms with E-state index in [4.69, 9.17) is 5.11 Å². The maximum Gasteiger partial charge on any atom is 0.323 e. The lowest BCUT2D eigenvalue weighted by atomic mass is 10.0. The number of carbonyl (C=O) groups excluding carboxylic acids is 2. The number of carboxylic acids is 1. The molecule has 0 bridgehead atoms. The van der Waals surface area contributed by atoms with Gasteiger partial charge in [0.15, 0.2) is 0 Å². The Labute approximate surface area is 128 Å². The Hall–Kier alpha value is -2.57. The molecule has 0 saturated carbocycles. The van der Waals surface area contributed by atoms with Crippen LogP contribution in [0.15, 0.2) is 18.2 Å². The van der Waals surface area contributed by atoms with Crippen LogP contribution in [0.3, 0.4) is 0 Å². The number of hydrogen-bond donors (Lipinski definition) is 4. The van der Waals surface area contributed by atoms with Crippen LogP contribution in [0.1, 0.15) is 36.9 Å². The van der Waals surface area contributed by atoms with Crippen molar-refractivity contribution >= 4 is 23.6 Å². The van der Waals surface area contributed by atoms with Crippen LogP contribution in [-0.2, 0) is 16.0 Å². The number of hydrogen-bond acceptors (Lipinski definition) is 3. The number of carbonyl (C=O) groups is 3. The molecular formula is C15H19N3O4. The number of aliphatic carboxylic acids is 1. The van der Waals surface area contributed by atoms with E-state index in [1.165, 1.54) is 0 Å². The fourth-order valence-electron chi connectivity index (χ4n) is 2.35. The van der Waals surface area contributed by atoms with Gasteiger partial charge in [0.05, 0.1) is 6.04 Å². The topological polar surface area (TPSA) is 108 Å². The van der Waals surface area contributed by atoms with Gasteiger partial charge in [-0.1, -0.05) is 12.1 Å². The second-order valence-corrected chi connectivity index (χ2v) is 5.26. The first-order valence-corrected chi connectivity index (χ1v) is 7.14. The van der Waals surface area contributed by atoms with E-state index in [0.717, 1.165) is 29.7 Å². The van der Waals surface area contributed by atoms with Gasteiger partial charge in [-0.05, 0) is 37.0 Å². The average molecular weight is 305 g/mol. The molecular weight excluding hydrogens is 286 g/mol. The van der Waals surface area contributed by atoms with Crippen molar-refractivity contribution in [3.8, 4) is 0 Å². The van der Waals surface area contributed by atoms with Gasteiger partial charge >= 0.3 is 12.0 Å². The third kappa shape index (κ3) is 4.21. The fraction of sp³-hybridized carbons (Fsp3) is 0.400. The van der Waals surface area contributed by atoms with Crippen molar-refractivity contribution in [2.24, 2.45) is 0 Å². The number of amides is 3. The normalized spacial score (nSPS) is 15.0. The van der Waals surface area contributed by atoms with Crippen molar-refractivity contribution in [1.82, 2.24) is 10.6 Å². The summed E-state index contributed by atoms with van der Waals surface area (Å²) in [6.07, 6.45) is 2.11. The number of fused-ring (bicyclic) bond motifs is 1. The van der Waals surface area contributed by atoms with Gasteiger partial charge in [0.25, 0.3) is 0 Å². The van der Waals surface area contributed by atoms with E-state index in [-0.39, 0.29) is 11.9 Å². The first-order chi connectivity index (χ1) is 10.5. The van der Waals surface area contributed by atoms with E-state index in [0.29, 0.717) is 6.42 Å². The third-order valence-electron chi connectivity index (χ3n) is 3.50. The second kappa shape index (κ2) is 6.93. The number of benzene rings is 1. The summed E-state index contributed by atoms with van der Waals surface area (Å²) in [5.41, 5.74) is 2.76. The van der Waals surface area contributed by atoms with Crippen LogP contribution < -0.4 is 16.0 Å². The Morgan fingerprint density at radius 3 is 2.86 bits per heavy atom. The van der Waals surface area contributed by atoms with Crippen molar-refractivity contribution in [3.05, 3.63) is 29.3 Å². The van der Waals surface area contributed by atoms with Gasteiger partial charge in [0.1, 0.15) is 6.54 Å². The summed E-state index contributed by atoms with van der Waals surface area (Å²) < 4.78 is 0. The van der Waals surface area contributed by atoms with Gasteiger partial charge in [-0.2, -0.15) is 0 Å². The van der Waals surface area contributed by atoms with Gasteiger partial charge in [-0.3, -0.25) is 9.59 Å². The molecule has 1 unspecified atom stereocenters. The molecule has 4 N–H and O–H groups in total. The molecule has 1 atom stereocenters. The Morgan fingerprint density at radius 2 is 2.14 bits per heavy atom. The van der Waals surface area contributed by atoms with Gasteiger partial charge in [0, 0.05) is 12.1 Å². The first-order valence-electron chi connectivity index (χ1n) is 7.14. The summed E-state index contributed by atoms with van der Waals surface area (Å²) in [4.78, 5) is 33.5. The smallest absolute Gasteiger partial charge is 0.323 e. The molecule has 1 aromatic carbocycles. The molecule has 7 heteroatoms. The molecule has 118 valence electrons. The number of urea groups is 1. The zero-order valence-electron chi connectivity index (χ0n) is 12.3.